The highest BCUT2D eigenvalue weighted by Gasteiger charge is 2.21. The lowest BCUT2D eigenvalue weighted by atomic mass is 10.1. The maximum Gasteiger partial charge on any atom is 0.411 e. The van der Waals surface area contributed by atoms with Crippen LogP contribution in [0.5, 0.6) is 0 Å². The van der Waals surface area contributed by atoms with Gasteiger partial charge < -0.3 is 9.47 Å². The fourth-order valence-electron chi connectivity index (χ4n) is 1.86. The SMILES string of the molecule is CCCCOC(=O)c1c(NC(=O)OC)sc2ccccc12. The minimum atomic E-state index is -0.607. The normalized spacial score (nSPS) is 10.4. The summed E-state index contributed by atoms with van der Waals surface area (Å²) in [6, 6.07) is 7.46. The average Bonchev–Trinajstić information content (AvgIpc) is 2.85. The molecule has 0 aliphatic rings. The highest BCUT2D eigenvalue weighted by atomic mass is 32.1. The Bertz CT molecular complexity index is 650. The van der Waals surface area contributed by atoms with Crippen LogP contribution in [-0.4, -0.2) is 25.8 Å². The molecule has 112 valence electrons. The molecule has 0 radical (unpaired) electrons. The Morgan fingerprint density at radius 1 is 1.29 bits per heavy atom. The summed E-state index contributed by atoms with van der Waals surface area (Å²) >= 11 is 1.32. The summed E-state index contributed by atoms with van der Waals surface area (Å²) in [6.07, 6.45) is 1.16. The van der Waals surface area contributed by atoms with Crippen LogP contribution in [0.2, 0.25) is 0 Å². The molecule has 0 atom stereocenters. The van der Waals surface area contributed by atoms with Crippen LogP contribution >= 0.6 is 11.3 Å². The molecule has 6 heteroatoms. The average molecular weight is 307 g/mol. The minimum Gasteiger partial charge on any atom is -0.462 e. The lowest BCUT2D eigenvalue weighted by Crippen LogP contribution is -2.14. The van der Waals surface area contributed by atoms with Crippen LogP contribution in [0.25, 0.3) is 10.1 Å². The van der Waals surface area contributed by atoms with Crippen LogP contribution in [0.4, 0.5) is 9.80 Å². The molecule has 1 aromatic heterocycles. The number of nitrogens with one attached hydrogen (secondary N) is 1. The zero-order valence-electron chi connectivity index (χ0n) is 12.0. The van der Waals surface area contributed by atoms with Crippen LogP contribution in [0.1, 0.15) is 30.1 Å². The number of fused-ring (bicyclic) bond motifs is 1. The van der Waals surface area contributed by atoms with Crippen LogP contribution in [0.15, 0.2) is 24.3 Å². The zero-order chi connectivity index (χ0) is 15.2. The Morgan fingerprint density at radius 2 is 2.05 bits per heavy atom. The first-order valence-corrected chi connectivity index (χ1v) is 7.52. The van der Waals surface area contributed by atoms with Crippen molar-refractivity contribution in [1.82, 2.24) is 0 Å². The summed E-state index contributed by atoms with van der Waals surface area (Å²) < 4.78 is 10.8. The molecule has 1 aromatic carbocycles. The molecule has 0 saturated carbocycles. The van der Waals surface area contributed by atoms with Gasteiger partial charge in [-0.1, -0.05) is 31.5 Å². The number of unbranched alkanes of at least 4 members (excludes halogenated alkanes) is 1. The van der Waals surface area contributed by atoms with Crippen molar-refractivity contribution in [2.45, 2.75) is 19.8 Å². The van der Waals surface area contributed by atoms with Crippen LogP contribution in [-0.2, 0) is 9.47 Å². The van der Waals surface area contributed by atoms with Crippen LogP contribution in [0, 0.1) is 0 Å². The van der Waals surface area contributed by atoms with Crippen molar-refractivity contribution in [2.24, 2.45) is 0 Å². The number of anilines is 1. The van der Waals surface area contributed by atoms with Gasteiger partial charge in [0.05, 0.1) is 13.7 Å². The number of carbonyl (C=O) groups is 2. The van der Waals surface area contributed by atoms with Crippen molar-refractivity contribution < 1.29 is 19.1 Å². The van der Waals surface area contributed by atoms with E-state index < -0.39 is 12.1 Å². The van der Waals surface area contributed by atoms with E-state index in [9.17, 15) is 9.59 Å². The fourth-order valence-corrected chi connectivity index (χ4v) is 2.94. The van der Waals surface area contributed by atoms with E-state index in [1.807, 2.05) is 31.2 Å². The van der Waals surface area contributed by atoms with Crippen molar-refractivity contribution >= 4 is 38.5 Å². The zero-order valence-corrected chi connectivity index (χ0v) is 12.8. The molecular formula is C15H17NO4S. The lowest BCUT2D eigenvalue weighted by Gasteiger charge is -2.06. The van der Waals surface area contributed by atoms with E-state index in [1.165, 1.54) is 18.4 Å². The van der Waals surface area contributed by atoms with Crippen LogP contribution < -0.4 is 5.32 Å². The van der Waals surface area contributed by atoms with E-state index in [1.54, 1.807) is 0 Å². The van der Waals surface area contributed by atoms with Gasteiger partial charge in [0.25, 0.3) is 0 Å². The fraction of sp³-hybridized carbons (Fsp3) is 0.333. The van der Waals surface area contributed by atoms with Gasteiger partial charge in [-0.3, -0.25) is 5.32 Å². The van der Waals surface area contributed by atoms with Crippen molar-refractivity contribution in [2.75, 3.05) is 19.0 Å². The van der Waals surface area contributed by atoms with Gasteiger partial charge >= 0.3 is 12.1 Å². The predicted molar refractivity (Wildman–Crippen MR) is 83.0 cm³/mol. The number of rotatable bonds is 5. The quantitative estimate of drug-likeness (QED) is 0.669. The van der Waals surface area contributed by atoms with Crippen molar-refractivity contribution in [3.63, 3.8) is 0 Å². The second-order valence-corrected chi connectivity index (χ2v) is 5.46. The Morgan fingerprint density at radius 3 is 2.76 bits per heavy atom. The van der Waals surface area contributed by atoms with Crippen molar-refractivity contribution in [3.05, 3.63) is 29.8 Å². The summed E-state index contributed by atoms with van der Waals surface area (Å²) in [7, 11) is 1.28. The third kappa shape index (κ3) is 3.52. The predicted octanol–water partition coefficient (Wildman–Crippen LogP) is 4.04. The molecule has 0 fully saturated rings. The number of hydrogen-bond donors (Lipinski definition) is 1. The number of thiophene rings is 1. The highest BCUT2D eigenvalue weighted by Crippen LogP contribution is 2.36. The van der Waals surface area contributed by atoms with Gasteiger partial charge in [-0.15, -0.1) is 11.3 Å². The van der Waals surface area contributed by atoms with Gasteiger partial charge in [-0.25, -0.2) is 9.59 Å². The van der Waals surface area contributed by atoms with E-state index in [2.05, 4.69) is 10.1 Å². The molecule has 2 rings (SSSR count). The number of hydrogen-bond acceptors (Lipinski definition) is 5. The smallest absolute Gasteiger partial charge is 0.411 e. The topological polar surface area (TPSA) is 64.6 Å². The van der Waals surface area contributed by atoms with Crippen molar-refractivity contribution in [1.29, 1.82) is 0 Å². The standard InChI is InChI=1S/C15H17NO4S/c1-3-4-9-20-14(17)12-10-7-5-6-8-11(10)21-13(12)16-15(18)19-2/h5-8H,3-4,9H2,1-2H3,(H,16,18). The third-order valence-corrected chi connectivity index (χ3v) is 4.02. The van der Waals surface area contributed by atoms with E-state index >= 15 is 0 Å². The molecule has 1 N–H and O–H groups in total. The van der Waals surface area contributed by atoms with Gasteiger partial charge in [-0.2, -0.15) is 0 Å². The summed E-state index contributed by atoms with van der Waals surface area (Å²) in [5.41, 5.74) is 0.386. The maximum atomic E-state index is 12.3. The number of methoxy groups -OCH3 is 1. The second-order valence-electron chi connectivity index (χ2n) is 4.41. The van der Waals surface area contributed by atoms with E-state index in [4.69, 9.17) is 4.74 Å². The molecule has 0 aliphatic heterocycles. The van der Waals surface area contributed by atoms with Gasteiger partial charge in [0.2, 0.25) is 0 Å². The second kappa shape index (κ2) is 7.08. The number of amides is 1. The first-order valence-electron chi connectivity index (χ1n) is 6.71. The Kier molecular flexibility index (Phi) is 5.16. The molecule has 1 heterocycles. The molecule has 0 aliphatic carbocycles. The largest absolute Gasteiger partial charge is 0.462 e. The van der Waals surface area contributed by atoms with E-state index in [0.717, 1.165) is 22.9 Å². The highest BCUT2D eigenvalue weighted by molar-refractivity contribution is 7.23. The molecule has 21 heavy (non-hydrogen) atoms. The van der Waals surface area contributed by atoms with E-state index in [-0.39, 0.29) is 0 Å². The molecule has 0 spiro atoms. The molecule has 1 amide bonds. The summed E-state index contributed by atoms with van der Waals surface area (Å²) in [5, 5.41) is 3.80. The van der Waals surface area contributed by atoms with E-state index in [0.29, 0.717) is 17.2 Å². The first-order chi connectivity index (χ1) is 10.2. The molecule has 2 aromatic rings. The Balaban J connectivity index is 2.35. The summed E-state index contributed by atoms with van der Waals surface area (Å²) in [4.78, 5) is 23.7. The van der Waals surface area contributed by atoms with Crippen LogP contribution in [0.3, 0.4) is 0 Å². The minimum absolute atomic E-state index is 0.372. The monoisotopic (exact) mass is 307 g/mol. The molecule has 5 nitrogen and oxygen atoms in total. The Hall–Kier alpha value is -2.08. The molecular weight excluding hydrogens is 290 g/mol. The number of carbonyl (C=O) groups excluding carboxylic acids is 2. The summed E-state index contributed by atoms with van der Waals surface area (Å²) in [6.45, 7) is 2.40. The molecule has 0 unspecified atom stereocenters. The Labute approximate surface area is 126 Å². The van der Waals surface area contributed by atoms with Gasteiger partial charge in [0, 0.05) is 10.1 Å². The van der Waals surface area contributed by atoms with Gasteiger partial charge in [0.15, 0.2) is 0 Å². The molecule has 0 saturated heterocycles. The maximum absolute atomic E-state index is 12.3. The lowest BCUT2D eigenvalue weighted by molar-refractivity contribution is 0.0503. The van der Waals surface area contributed by atoms with Crippen molar-refractivity contribution in [3.8, 4) is 0 Å². The number of ether oxygens (including phenoxy) is 2. The first kappa shape index (κ1) is 15.3. The number of benzene rings is 1. The van der Waals surface area contributed by atoms with Gasteiger partial charge in [0.1, 0.15) is 10.6 Å². The third-order valence-electron chi connectivity index (χ3n) is 2.93. The number of esters is 1. The molecule has 0 bridgehead atoms. The summed E-state index contributed by atoms with van der Waals surface area (Å²) in [5.74, 6) is -0.424. The van der Waals surface area contributed by atoms with Gasteiger partial charge in [-0.05, 0) is 12.5 Å².